The second-order valence-electron chi connectivity index (χ2n) is 3.46. The highest BCUT2D eigenvalue weighted by Crippen LogP contribution is 2.30. The third-order valence-electron chi connectivity index (χ3n) is 2.37. The Balaban J connectivity index is 2.64. The zero-order valence-electron chi connectivity index (χ0n) is 9.27. The molecule has 17 heavy (non-hydrogen) atoms. The summed E-state index contributed by atoms with van der Waals surface area (Å²) < 4.78 is 10.4. The highest BCUT2D eigenvalue weighted by molar-refractivity contribution is 7.79. The third kappa shape index (κ3) is 2.10. The van der Waals surface area contributed by atoms with Crippen molar-refractivity contribution in [1.29, 1.82) is 0 Å². The topological polar surface area (TPSA) is 59.7 Å². The van der Waals surface area contributed by atoms with E-state index in [1.54, 1.807) is 13.0 Å². The maximum atomic E-state index is 11.8. The first-order chi connectivity index (χ1) is 8.17. The smallest absolute Gasteiger partial charge is 0.342 e. The van der Waals surface area contributed by atoms with E-state index >= 15 is 0 Å². The van der Waals surface area contributed by atoms with Crippen LogP contribution >= 0.6 is 12.6 Å². The number of esters is 1. The molecule has 0 unspecified atom stereocenters. The largest absolute Gasteiger partial charge is 0.508 e. The average Bonchev–Trinajstić information content (AvgIpc) is 2.66. The summed E-state index contributed by atoms with van der Waals surface area (Å²) in [5.74, 6) is 0.367. The van der Waals surface area contributed by atoms with Crippen LogP contribution in [0.5, 0.6) is 5.75 Å². The van der Waals surface area contributed by atoms with Gasteiger partial charge >= 0.3 is 5.97 Å². The minimum atomic E-state index is -0.457. The van der Waals surface area contributed by atoms with Gasteiger partial charge in [0, 0.05) is 11.1 Å². The summed E-state index contributed by atoms with van der Waals surface area (Å²) in [7, 11) is 0. The van der Waals surface area contributed by atoms with Crippen molar-refractivity contribution < 1.29 is 19.1 Å². The Morgan fingerprint density at radius 3 is 2.94 bits per heavy atom. The van der Waals surface area contributed by atoms with Crippen LogP contribution in [-0.2, 0) is 10.5 Å². The van der Waals surface area contributed by atoms with Gasteiger partial charge in [0.1, 0.15) is 22.7 Å². The molecule has 0 saturated carbocycles. The maximum Gasteiger partial charge on any atom is 0.342 e. The van der Waals surface area contributed by atoms with Crippen molar-refractivity contribution in [3.05, 3.63) is 29.5 Å². The lowest BCUT2D eigenvalue weighted by molar-refractivity contribution is 0.0526. The van der Waals surface area contributed by atoms with Gasteiger partial charge in [-0.15, -0.1) is 0 Å². The summed E-state index contributed by atoms with van der Waals surface area (Å²) in [5, 5.41) is 9.98. The number of benzene rings is 1. The molecule has 0 fully saturated rings. The van der Waals surface area contributed by atoms with Crippen molar-refractivity contribution in [2.24, 2.45) is 0 Å². The fraction of sp³-hybridized carbons (Fsp3) is 0.250. The van der Waals surface area contributed by atoms with E-state index in [0.717, 1.165) is 0 Å². The zero-order valence-corrected chi connectivity index (χ0v) is 10.2. The van der Waals surface area contributed by atoms with E-state index < -0.39 is 5.97 Å². The van der Waals surface area contributed by atoms with Crippen LogP contribution < -0.4 is 0 Å². The van der Waals surface area contributed by atoms with E-state index in [4.69, 9.17) is 9.15 Å². The van der Waals surface area contributed by atoms with Crippen LogP contribution in [0.25, 0.3) is 11.0 Å². The van der Waals surface area contributed by atoms with Crippen molar-refractivity contribution in [3.8, 4) is 5.75 Å². The molecule has 1 aromatic carbocycles. The summed E-state index contributed by atoms with van der Waals surface area (Å²) >= 11 is 4.11. The molecule has 90 valence electrons. The SMILES string of the molecule is CCOC(=O)c1c(CS)oc2ccc(O)cc12. The highest BCUT2D eigenvalue weighted by Gasteiger charge is 2.21. The number of ether oxygens (including phenoxy) is 1. The van der Waals surface area contributed by atoms with Crippen molar-refractivity contribution in [2.45, 2.75) is 12.7 Å². The van der Waals surface area contributed by atoms with Crippen molar-refractivity contribution in [1.82, 2.24) is 0 Å². The monoisotopic (exact) mass is 252 g/mol. The van der Waals surface area contributed by atoms with Gasteiger partial charge in [-0.05, 0) is 25.1 Å². The van der Waals surface area contributed by atoms with Gasteiger partial charge in [0.2, 0.25) is 0 Å². The molecule has 0 spiro atoms. The molecule has 0 aliphatic rings. The van der Waals surface area contributed by atoms with Crippen LogP contribution in [0.1, 0.15) is 23.0 Å². The van der Waals surface area contributed by atoms with Gasteiger partial charge in [-0.2, -0.15) is 12.6 Å². The zero-order chi connectivity index (χ0) is 12.4. The van der Waals surface area contributed by atoms with E-state index in [-0.39, 0.29) is 12.4 Å². The van der Waals surface area contributed by atoms with Gasteiger partial charge in [0.05, 0.1) is 6.61 Å². The normalized spacial score (nSPS) is 10.7. The standard InChI is InChI=1S/C12H12O4S/c1-2-15-12(14)11-8-5-7(13)3-4-9(8)16-10(11)6-17/h3-5,13,17H,2,6H2,1H3. The Morgan fingerprint density at radius 1 is 1.53 bits per heavy atom. The second-order valence-corrected chi connectivity index (χ2v) is 3.78. The van der Waals surface area contributed by atoms with E-state index in [1.165, 1.54) is 12.1 Å². The second kappa shape index (κ2) is 4.71. The predicted octanol–water partition coefficient (Wildman–Crippen LogP) is 2.74. The summed E-state index contributed by atoms with van der Waals surface area (Å²) in [6.45, 7) is 2.02. The fourth-order valence-corrected chi connectivity index (χ4v) is 1.90. The molecule has 5 heteroatoms. The Bertz CT molecular complexity index is 559. The van der Waals surface area contributed by atoms with E-state index in [1.807, 2.05) is 0 Å². The predicted molar refractivity (Wildman–Crippen MR) is 66.5 cm³/mol. The third-order valence-corrected chi connectivity index (χ3v) is 2.65. The van der Waals surface area contributed by atoms with Crippen LogP contribution in [0.3, 0.4) is 0 Å². The van der Waals surface area contributed by atoms with Crippen molar-refractivity contribution >= 4 is 29.6 Å². The molecule has 2 aromatic rings. The van der Waals surface area contributed by atoms with E-state index in [2.05, 4.69) is 12.6 Å². The lowest BCUT2D eigenvalue weighted by Gasteiger charge is -2.01. The molecule has 0 atom stereocenters. The number of hydrogen-bond acceptors (Lipinski definition) is 5. The fourth-order valence-electron chi connectivity index (χ4n) is 1.67. The number of rotatable bonds is 3. The van der Waals surface area contributed by atoms with Crippen molar-refractivity contribution in [2.75, 3.05) is 6.61 Å². The lowest BCUT2D eigenvalue weighted by atomic mass is 10.1. The van der Waals surface area contributed by atoms with Crippen LogP contribution in [0.2, 0.25) is 0 Å². The molecular weight excluding hydrogens is 240 g/mol. The average molecular weight is 252 g/mol. The lowest BCUT2D eigenvalue weighted by Crippen LogP contribution is -2.05. The van der Waals surface area contributed by atoms with Crippen LogP contribution in [0.4, 0.5) is 0 Å². The Kier molecular flexibility index (Phi) is 3.28. The molecule has 2 rings (SSSR count). The van der Waals surface area contributed by atoms with Crippen molar-refractivity contribution in [3.63, 3.8) is 0 Å². The van der Waals surface area contributed by atoms with Crippen LogP contribution in [0, 0.1) is 0 Å². The Hall–Kier alpha value is -1.62. The first-order valence-electron chi connectivity index (χ1n) is 5.19. The number of hydrogen-bond donors (Lipinski definition) is 2. The van der Waals surface area contributed by atoms with Gasteiger partial charge in [-0.25, -0.2) is 4.79 Å². The minimum absolute atomic E-state index is 0.0783. The molecule has 0 saturated heterocycles. The number of phenolic OH excluding ortho intramolecular Hbond substituents is 1. The quantitative estimate of drug-likeness (QED) is 0.651. The number of furan rings is 1. The Morgan fingerprint density at radius 2 is 2.29 bits per heavy atom. The van der Waals surface area contributed by atoms with Crippen LogP contribution in [-0.4, -0.2) is 17.7 Å². The van der Waals surface area contributed by atoms with Gasteiger partial charge in [-0.3, -0.25) is 0 Å². The number of carbonyl (C=O) groups is 1. The molecule has 1 heterocycles. The molecule has 0 aliphatic carbocycles. The molecule has 1 aromatic heterocycles. The first-order valence-corrected chi connectivity index (χ1v) is 5.83. The number of phenols is 1. The van der Waals surface area contributed by atoms with E-state index in [9.17, 15) is 9.90 Å². The number of thiol groups is 1. The maximum absolute atomic E-state index is 11.8. The number of carbonyl (C=O) groups excluding carboxylic acids is 1. The molecular formula is C12H12O4S. The molecule has 0 aliphatic heterocycles. The first kappa shape index (κ1) is 11.9. The molecule has 4 nitrogen and oxygen atoms in total. The molecule has 0 radical (unpaired) electrons. The number of aromatic hydroxyl groups is 1. The van der Waals surface area contributed by atoms with Crippen LogP contribution in [0.15, 0.2) is 22.6 Å². The summed E-state index contributed by atoms with van der Waals surface area (Å²) in [6.07, 6.45) is 0. The molecule has 0 amide bonds. The van der Waals surface area contributed by atoms with E-state index in [0.29, 0.717) is 28.0 Å². The van der Waals surface area contributed by atoms with Gasteiger partial charge in [-0.1, -0.05) is 0 Å². The Labute approximate surface area is 104 Å². The van der Waals surface area contributed by atoms with Gasteiger partial charge < -0.3 is 14.3 Å². The minimum Gasteiger partial charge on any atom is -0.508 e. The van der Waals surface area contributed by atoms with Gasteiger partial charge in [0.15, 0.2) is 0 Å². The summed E-state index contributed by atoms with van der Waals surface area (Å²) in [5.41, 5.74) is 0.877. The number of fused-ring (bicyclic) bond motifs is 1. The summed E-state index contributed by atoms with van der Waals surface area (Å²) in [4.78, 5) is 11.8. The molecule has 1 N–H and O–H groups in total. The molecule has 0 bridgehead atoms. The van der Waals surface area contributed by atoms with Gasteiger partial charge in [0.25, 0.3) is 0 Å². The highest BCUT2D eigenvalue weighted by atomic mass is 32.1. The summed E-state index contributed by atoms with van der Waals surface area (Å²) in [6, 6.07) is 4.60.